The molecule has 2 aliphatic heterocycles. The number of amides is 1. The van der Waals surface area contributed by atoms with E-state index in [9.17, 15) is 4.79 Å². The lowest BCUT2D eigenvalue weighted by Gasteiger charge is -2.34. The summed E-state index contributed by atoms with van der Waals surface area (Å²) in [5, 5.41) is 3.16. The Bertz CT molecular complexity index is 905. The molecule has 1 saturated heterocycles. The number of para-hydroxylation sites is 1. The highest BCUT2D eigenvalue weighted by Crippen LogP contribution is 2.33. The highest BCUT2D eigenvalue weighted by atomic mass is 16.7. The number of piperazine rings is 1. The summed E-state index contributed by atoms with van der Waals surface area (Å²) in [6, 6.07) is 12.4. The second-order valence-electron chi connectivity index (χ2n) is 8.48. The van der Waals surface area contributed by atoms with Crippen LogP contribution < -0.4 is 14.8 Å². The minimum absolute atomic E-state index is 0.0652. The monoisotopic (exact) mass is 409 g/mol. The summed E-state index contributed by atoms with van der Waals surface area (Å²) in [5.41, 5.74) is 4.50. The first-order valence-electron chi connectivity index (χ1n) is 10.7. The molecule has 30 heavy (non-hydrogen) atoms. The number of rotatable bonds is 6. The lowest BCUT2D eigenvalue weighted by atomic mass is 9.98. The molecular formula is C24H31N3O3. The number of aryl methyl sites for hydroxylation is 1. The fourth-order valence-corrected chi connectivity index (χ4v) is 4.13. The van der Waals surface area contributed by atoms with Crippen LogP contribution in [0.2, 0.25) is 0 Å². The molecule has 2 aromatic carbocycles. The van der Waals surface area contributed by atoms with Crippen molar-refractivity contribution in [2.45, 2.75) is 33.2 Å². The van der Waals surface area contributed by atoms with E-state index in [-0.39, 0.29) is 5.91 Å². The summed E-state index contributed by atoms with van der Waals surface area (Å²) in [7, 11) is 0. The van der Waals surface area contributed by atoms with Gasteiger partial charge >= 0.3 is 0 Å². The summed E-state index contributed by atoms with van der Waals surface area (Å²) in [4.78, 5) is 17.4. The lowest BCUT2D eigenvalue weighted by Crippen LogP contribution is -2.48. The maximum absolute atomic E-state index is 12.7. The van der Waals surface area contributed by atoms with E-state index in [0.717, 1.165) is 55.5 Å². The highest BCUT2D eigenvalue weighted by Gasteiger charge is 2.21. The molecular weight excluding hydrogens is 378 g/mol. The number of carbonyl (C=O) groups is 1. The van der Waals surface area contributed by atoms with Gasteiger partial charge in [0, 0.05) is 38.4 Å². The van der Waals surface area contributed by atoms with E-state index in [1.54, 1.807) is 0 Å². The second kappa shape index (κ2) is 9.06. The van der Waals surface area contributed by atoms with Gasteiger partial charge in [-0.05, 0) is 41.7 Å². The van der Waals surface area contributed by atoms with E-state index in [0.29, 0.717) is 19.3 Å². The highest BCUT2D eigenvalue weighted by molar-refractivity contribution is 5.94. The minimum atomic E-state index is 0.0652. The van der Waals surface area contributed by atoms with Crippen LogP contribution in [0.3, 0.4) is 0 Å². The van der Waals surface area contributed by atoms with Crippen LogP contribution in [-0.4, -0.2) is 55.2 Å². The van der Waals surface area contributed by atoms with Gasteiger partial charge < -0.3 is 14.8 Å². The first-order valence-corrected chi connectivity index (χ1v) is 10.7. The predicted molar refractivity (Wildman–Crippen MR) is 118 cm³/mol. The molecule has 0 spiro atoms. The standard InChI is InChI=1S/C24H31N3O3/c1-17(2)20-6-4-5-18(3)24(20)25-23(28)15-27-11-9-26(10-12-27)14-19-7-8-21-22(13-19)30-16-29-21/h4-8,13,17H,9-12,14-16H2,1-3H3,(H,25,28). The maximum atomic E-state index is 12.7. The SMILES string of the molecule is Cc1cccc(C(C)C)c1NC(=O)CN1CCN(Cc2ccc3c(c2)OCO3)CC1. The molecule has 0 bridgehead atoms. The Morgan fingerprint density at radius 2 is 1.77 bits per heavy atom. The Morgan fingerprint density at radius 3 is 2.53 bits per heavy atom. The zero-order valence-electron chi connectivity index (χ0n) is 18.1. The molecule has 0 radical (unpaired) electrons. The van der Waals surface area contributed by atoms with Crippen LogP contribution in [0.1, 0.15) is 36.5 Å². The predicted octanol–water partition coefficient (Wildman–Crippen LogP) is 3.60. The zero-order valence-corrected chi connectivity index (χ0v) is 18.1. The van der Waals surface area contributed by atoms with Crippen molar-refractivity contribution in [2.75, 3.05) is 44.8 Å². The van der Waals surface area contributed by atoms with Crippen LogP contribution >= 0.6 is 0 Å². The quantitative estimate of drug-likeness (QED) is 0.790. The van der Waals surface area contributed by atoms with Gasteiger partial charge in [0.05, 0.1) is 6.54 Å². The first kappa shape index (κ1) is 20.7. The largest absolute Gasteiger partial charge is 0.454 e. The van der Waals surface area contributed by atoms with Gasteiger partial charge in [-0.25, -0.2) is 0 Å². The number of nitrogens with one attached hydrogen (secondary N) is 1. The fraction of sp³-hybridized carbons (Fsp3) is 0.458. The molecule has 160 valence electrons. The molecule has 0 aliphatic carbocycles. The van der Waals surface area contributed by atoms with Crippen molar-refractivity contribution in [2.24, 2.45) is 0 Å². The van der Waals surface area contributed by atoms with Gasteiger partial charge in [0.2, 0.25) is 12.7 Å². The van der Waals surface area contributed by atoms with Gasteiger partial charge in [0.15, 0.2) is 11.5 Å². The fourth-order valence-electron chi connectivity index (χ4n) is 4.13. The van der Waals surface area contributed by atoms with Crippen molar-refractivity contribution in [3.05, 3.63) is 53.1 Å². The molecule has 2 aromatic rings. The average molecular weight is 410 g/mol. The summed E-state index contributed by atoms with van der Waals surface area (Å²) in [6.07, 6.45) is 0. The third kappa shape index (κ3) is 4.77. The van der Waals surface area contributed by atoms with Crippen molar-refractivity contribution in [1.82, 2.24) is 9.80 Å². The number of nitrogens with zero attached hydrogens (tertiary/aromatic N) is 2. The van der Waals surface area contributed by atoms with Crippen molar-refractivity contribution in [3.63, 3.8) is 0 Å². The van der Waals surface area contributed by atoms with Crippen LogP contribution in [0.4, 0.5) is 5.69 Å². The topological polar surface area (TPSA) is 54.0 Å². The Kier molecular flexibility index (Phi) is 6.25. The van der Waals surface area contributed by atoms with Crippen molar-refractivity contribution >= 4 is 11.6 Å². The van der Waals surface area contributed by atoms with E-state index < -0.39 is 0 Å². The number of hydrogen-bond donors (Lipinski definition) is 1. The van der Waals surface area contributed by atoms with E-state index in [1.807, 2.05) is 6.07 Å². The van der Waals surface area contributed by atoms with Gasteiger partial charge in [-0.2, -0.15) is 0 Å². The van der Waals surface area contributed by atoms with Crippen LogP contribution in [0.25, 0.3) is 0 Å². The van der Waals surface area contributed by atoms with Crippen LogP contribution in [-0.2, 0) is 11.3 Å². The third-order valence-corrected chi connectivity index (χ3v) is 5.87. The number of hydrogen-bond acceptors (Lipinski definition) is 5. The van der Waals surface area contributed by atoms with Gasteiger partial charge in [0.1, 0.15) is 0 Å². The van der Waals surface area contributed by atoms with Gasteiger partial charge in [-0.3, -0.25) is 14.6 Å². The molecule has 2 heterocycles. The first-order chi connectivity index (χ1) is 14.5. The summed E-state index contributed by atoms with van der Waals surface area (Å²) < 4.78 is 10.9. The van der Waals surface area contributed by atoms with Gasteiger partial charge in [0.25, 0.3) is 0 Å². The van der Waals surface area contributed by atoms with E-state index in [4.69, 9.17) is 9.47 Å². The Hall–Kier alpha value is -2.57. The molecule has 1 N–H and O–H groups in total. The van der Waals surface area contributed by atoms with Crippen LogP contribution in [0, 0.1) is 6.92 Å². The maximum Gasteiger partial charge on any atom is 0.238 e. The second-order valence-corrected chi connectivity index (χ2v) is 8.48. The molecule has 1 fully saturated rings. The van der Waals surface area contributed by atoms with Gasteiger partial charge in [-0.1, -0.05) is 38.1 Å². The summed E-state index contributed by atoms with van der Waals surface area (Å²) in [6.45, 7) is 11.7. The lowest BCUT2D eigenvalue weighted by molar-refractivity contribution is -0.117. The molecule has 0 aromatic heterocycles. The smallest absolute Gasteiger partial charge is 0.238 e. The molecule has 1 amide bonds. The Balaban J connectivity index is 1.27. The third-order valence-electron chi connectivity index (χ3n) is 5.87. The normalized spacial score (nSPS) is 16.8. The number of anilines is 1. The van der Waals surface area contributed by atoms with Crippen molar-refractivity contribution in [1.29, 1.82) is 0 Å². The number of benzene rings is 2. The van der Waals surface area contributed by atoms with E-state index in [2.05, 4.69) is 66.2 Å². The Labute approximate surface area is 178 Å². The number of carbonyl (C=O) groups excluding carboxylic acids is 1. The number of fused-ring (bicyclic) bond motifs is 1. The summed E-state index contributed by atoms with van der Waals surface area (Å²) >= 11 is 0. The van der Waals surface area contributed by atoms with E-state index in [1.165, 1.54) is 11.1 Å². The minimum Gasteiger partial charge on any atom is -0.454 e. The molecule has 6 nitrogen and oxygen atoms in total. The molecule has 2 aliphatic rings. The molecule has 0 saturated carbocycles. The zero-order chi connectivity index (χ0) is 21.1. The summed E-state index contributed by atoms with van der Waals surface area (Å²) in [5.74, 6) is 2.10. The average Bonchev–Trinajstić information content (AvgIpc) is 3.18. The van der Waals surface area contributed by atoms with Crippen LogP contribution in [0.15, 0.2) is 36.4 Å². The van der Waals surface area contributed by atoms with Gasteiger partial charge in [-0.15, -0.1) is 0 Å². The molecule has 0 unspecified atom stereocenters. The van der Waals surface area contributed by atoms with Crippen molar-refractivity contribution < 1.29 is 14.3 Å². The van der Waals surface area contributed by atoms with E-state index >= 15 is 0 Å². The molecule has 6 heteroatoms. The van der Waals surface area contributed by atoms with Crippen LogP contribution in [0.5, 0.6) is 11.5 Å². The molecule has 0 atom stereocenters. The van der Waals surface area contributed by atoms with Crippen molar-refractivity contribution in [3.8, 4) is 11.5 Å². The molecule has 4 rings (SSSR count). The Morgan fingerprint density at radius 1 is 1.03 bits per heavy atom. The number of ether oxygens (including phenoxy) is 2.